The molecule has 70 valence electrons. The lowest BCUT2D eigenvalue weighted by Crippen LogP contribution is -2.01. The SMILES string of the molecule is CC(=O)c1noc2c1CS(=O)(=O)C2. The van der Waals surface area contributed by atoms with Gasteiger partial charge in [0, 0.05) is 12.5 Å². The van der Waals surface area contributed by atoms with Gasteiger partial charge < -0.3 is 4.52 Å². The fraction of sp³-hybridized carbons (Fsp3) is 0.429. The van der Waals surface area contributed by atoms with Crippen molar-refractivity contribution in [2.75, 3.05) is 0 Å². The molecule has 13 heavy (non-hydrogen) atoms. The Kier molecular flexibility index (Phi) is 1.56. The lowest BCUT2D eigenvalue weighted by molar-refractivity contribution is 0.100. The molecule has 0 radical (unpaired) electrons. The van der Waals surface area contributed by atoms with Crippen LogP contribution in [0.3, 0.4) is 0 Å². The molecule has 0 unspecified atom stereocenters. The van der Waals surface area contributed by atoms with Crippen LogP contribution >= 0.6 is 0 Å². The van der Waals surface area contributed by atoms with Gasteiger partial charge >= 0.3 is 0 Å². The van der Waals surface area contributed by atoms with Gasteiger partial charge in [-0.2, -0.15) is 0 Å². The van der Waals surface area contributed by atoms with Crippen LogP contribution < -0.4 is 0 Å². The summed E-state index contributed by atoms with van der Waals surface area (Å²) >= 11 is 0. The maximum absolute atomic E-state index is 11.1. The minimum atomic E-state index is -3.10. The number of Topliss-reactive ketones (excluding diaryl/α,β-unsaturated/α-hetero) is 1. The molecule has 1 aliphatic heterocycles. The number of aromatic nitrogens is 1. The van der Waals surface area contributed by atoms with Crippen molar-refractivity contribution in [1.82, 2.24) is 5.16 Å². The Bertz CT molecular complexity index is 471. The molecule has 6 heteroatoms. The fourth-order valence-electron chi connectivity index (χ4n) is 1.35. The number of hydrogen-bond donors (Lipinski definition) is 0. The lowest BCUT2D eigenvalue weighted by atomic mass is 10.2. The summed E-state index contributed by atoms with van der Waals surface area (Å²) in [6.45, 7) is 1.34. The van der Waals surface area contributed by atoms with Crippen LogP contribution in [0.5, 0.6) is 0 Å². The van der Waals surface area contributed by atoms with Crippen LogP contribution in [0.4, 0.5) is 0 Å². The second-order valence-electron chi connectivity index (χ2n) is 3.02. The molecule has 0 bridgehead atoms. The van der Waals surface area contributed by atoms with E-state index in [1.54, 1.807) is 0 Å². The topological polar surface area (TPSA) is 77.2 Å². The second kappa shape index (κ2) is 2.41. The highest BCUT2D eigenvalue weighted by Crippen LogP contribution is 2.27. The van der Waals surface area contributed by atoms with Crippen LogP contribution in [-0.2, 0) is 21.3 Å². The third-order valence-corrected chi connectivity index (χ3v) is 3.35. The number of sulfone groups is 1. The van der Waals surface area contributed by atoms with E-state index in [9.17, 15) is 13.2 Å². The molecule has 0 fully saturated rings. The minimum absolute atomic E-state index is 0.124. The van der Waals surface area contributed by atoms with Crippen molar-refractivity contribution < 1.29 is 17.7 Å². The summed E-state index contributed by atoms with van der Waals surface area (Å²) in [5, 5.41) is 3.51. The molecule has 0 saturated carbocycles. The number of carbonyl (C=O) groups excluding carboxylic acids is 1. The molecule has 0 spiro atoms. The first-order valence-corrected chi connectivity index (χ1v) is 5.50. The third kappa shape index (κ3) is 1.27. The zero-order chi connectivity index (χ0) is 9.64. The van der Waals surface area contributed by atoms with E-state index in [4.69, 9.17) is 4.52 Å². The molecule has 1 aromatic rings. The summed E-state index contributed by atoms with van der Waals surface area (Å²) in [4.78, 5) is 11.0. The molecule has 0 N–H and O–H groups in total. The first kappa shape index (κ1) is 8.43. The molecule has 1 aliphatic rings. The zero-order valence-corrected chi connectivity index (χ0v) is 7.72. The Hall–Kier alpha value is -1.17. The number of nitrogens with zero attached hydrogens (tertiary/aromatic N) is 1. The highest BCUT2D eigenvalue weighted by atomic mass is 32.2. The average Bonchev–Trinajstić information content (AvgIpc) is 2.41. The van der Waals surface area contributed by atoms with Crippen LogP contribution in [0.1, 0.15) is 28.7 Å². The predicted molar refractivity (Wildman–Crippen MR) is 42.8 cm³/mol. The Labute approximate surface area is 74.6 Å². The fourth-order valence-corrected chi connectivity index (χ4v) is 2.82. The highest BCUT2D eigenvalue weighted by molar-refractivity contribution is 7.90. The first-order chi connectivity index (χ1) is 5.99. The molecule has 2 heterocycles. The summed E-state index contributed by atoms with van der Waals surface area (Å²) in [7, 11) is -3.10. The van der Waals surface area contributed by atoms with Gasteiger partial charge in [0.1, 0.15) is 5.75 Å². The predicted octanol–water partition coefficient (Wildman–Crippen LogP) is 0.306. The summed E-state index contributed by atoms with van der Waals surface area (Å²) < 4.78 is 27.0. The summed E-state index contributed by atoms with van der Waals surface area (Å²) in [5.41, 5.74) is 0.587. The average molecular weight is 201 g/mol. The molecule has 2 rings (SSSR count). The van der Waals surface area contributed by atoms with E-state index in [2.05, 4.69) is 5.16 Å². The molecule has 0 saturated heterocycles. The van der Waals surface area contributed by atoms with Crippen LogP contribution in [0.2, 0.25) is 0 Å². The van der Waals surface area contributed by atoms with E-state index >= 15 is 0 Å². The monoisotopic (exact) mass is 201 g/mol. The second-order valence-corrected chi connectivity index (χ2v) is 5.09. The van der Waals surface area contributed by atoms with Gasteiger partial charge in [-0.25, -0.2) is 8.42 Å². The standard InChI is InChI=1S/C7H7NO4S/c1-4(9)7-5-2-13(10,11)3-6(5)12-8-7/h2-3H2,1H3. The Balaban J connectivity index is 2.55. The van der Waals surface area contributed by atoms with Crippen molar-refractivity contribution in [3.8, 4) is 0 Å². The van der Waals surface area contributed by atoms with E-state index in [1.165, 1.54) is 6.92 Å². The van der Waals surface area contributed by atoms with Gasteiger partial charge in [0.2, 0.25) is 0 Å². The third-order valence-electron chi connectivity index (χ3n) is 1.92. The smallest absolute Gasteiger partial charge is 0.181 e. The van der Waals surface area contributed by atoms with Crippen LogP contribution in [0.15, 0.2) is 4.52 Å². The number of fused-ring (bicyclic) bond motifs is 1. The van der Waals surface area contributed by atoms with Crippen molar-refractivity contribution in [2.24, 2.45) is 0 Å². The number of carbonyl (C=O) groups is 1. The summed E-state index contributed by atoms with van der Waals surface area (Å²) in [5.74, 6) is -0.212. The number of rotatable bonds is 1. The van der Waals surface area contributed by atoms with E-state index < -0.39 is 9.84 Å². The molecule has 0 aliphatic carbocycles. The van der Waals surface area contributed by atoms with Gasteiger partial charge in [0.25, 0.3) is 0 Å². The quantitative estimate of drug-likeness (QED) is 0.611. The van der Waals surface area contributed by atoms with Gasteiger partial charge in [0.05, 0.1) is 5.75 Å². The van der Waals surface area contributed by atoms with E-state index in [-0.39, 0.29) is 23.0 Å². The van der Waals surface area contributed by atoms with Gasteiger partial charge in [-0.3, -0.25) is 4.79 Å². The summed E-state index contributed by atoms with van der Waals surface area (Å²) in [6, 6.07) is 0. The summed E-state index contributed by atoms with van der Waals surface area (Å²) in [6.07, 6.45) is 0. The first-order valence-electron chi connectivity index (χ1n) is 3.68. The van der Waals surface area contributed by atoms with Gasteiger partial charge in [0.15, 0.2) is 27.1 Å². The van der Waals surface area contributed by atoms with Gasteiger partial charge in [-0.15, -0.1) is 0 Å². The lowest BCUT2D eigenvalue weighted by Gasteiger charge is -1.90. The van der Waals surface area contributed by atoms with Crippen molar-refractivity contribution in [3.63, 3.8) is 0 Å². The molecule has 5 nitrogen and oxygen atoms in total. The van der Waals surface area contributed by atoms with Crippen molar-refractivity contribution >= 4 is 15.6 Å². The number of hydrogen-bond acceptors (Lipinski definition) is 5. The van der Waals surface area contributed by atoms with E-state index in [0.29, 0.717) is 11.3 Å². The largest absolute Gasteiger partial charge is 0.359 e. The maximum Gasteiger partial charge on any atom is 0.181 e. The normalized spacial score (nSPS) is 18.5. The Morgan fingerprint density at radius 1 is 1.46 bits per heavy atom. The Morgan fingerprint density at radius 3 is 2.77 bits per heavy atom. The van der Waals surface area contributed by atoms with Crippen LogP contribution in [-0.4, -0.2) is 19.4 Å². The van der Waals surface area contributed by atoms with Crippen molar-refractivity contribution in [1.29, 1.82) is 0 Å². The van der Waals surface area contributed by atoms with Crippen LogP contribution in [0.25, 0.3) is 0 Å². The number of ketones is 1. The van der Waals surface area contributed by atoms with Crippen molar-refractivity contribution in [3.05, 3.63) is 17.0 Å². The Morgan fingerprint density at radius 2 is 2.15 bits per heavy atom. The highest BCUT2D eigenvalue weighted by Gasteiger charge is 2.33. The van der Waals surface area contributed by atoms with Crippen LogP contribution in [0, 0.1) is 0 Å². The molecule has 0 amide bonds. The van der Waals surface area contributed by atoms with E-state index in [1.807, 2.05) is 0 Å². The maximum atomic E-state index is 11.1. The molecular formula is C7H7NO4S. The molecule has 0 aromatic carbocycles. The van der Waals surface area contributed by atoms with Crippen molar-refractivity contribution in [2.45, 2.75) is 18.4 Å². The van der Waals surface area contributed by atoms with Gasteiger partial charge in [-0.1, -0.05) is 5.16 Å². The molecule has 0 atom stereocenters. The molecular weight excluding hydrogens is 194 g/mol. The molecule has 1 aromatic heterocycles. The van der Waals surface area contributed by atoms with E-state index in [0.717, 1.165) is 0 Å². The minimum Gasteiger partial charge on any atom is -0.359 e. The van der Waals surface area contributed by atoms with Gasteiger partial charge in [-0.05, 0) is 0 Å². The zero-order valence-electron chi connectivity index (χ0n) is 6.90.